The smallest absolute Gasteiger partial charge is 0.265 e. The summed E-state index contributed by atoms with van der Waals surface area (Å²) >= 11 is 1.35. The summed E-state index contributed by atoms with van der Waals surface area (Å²) in [6.45, 7) is 2.35. The van der Waals surface area contributed by atoms with Crippen molar-refractivity contribution in [2.75, 3.05) is 52.1 Å². The molecule has 3 rings (SSSR count). The van der Waals surface area contributed by atoms with Crippen LogP contribution in [-0.4, -0.2) is 79.2 Å². The van der Waals surface area contributed by atoms with Gasteiger partial charge in [-0.25, -0.2) is 0 Å². The molecule has 1 fully saturated rings. The fourth-order valence-corrected chi connectivity index (χ4v) is 3.69. The highest BCUT2D eigenvalue weighted by Gasteiger charge is 2.26. The van der Waals surface area contributed by atoms with Crippen LogP contribution >= 0.6 is 11.3 Å². The summed E-state index contributed by atoms with van der Waals surface area (Å²) in [6.07, 6.45) is 0. The van der Waals surface area contributed by atoms with E-state index in [2.05, 4.69) is 5.32 Å². The number of piperazine rings is 1. The monoisotopic (exact) mass is 400 g/mol. The Labute approximate surface area is 168 Å². The average Bonchev–Trinajstić information content (AvgIpc) is 3.22. The normalized spacial score (nSPS) is 14.2. The molecule has 0 aliphatic carbocycles. The van der Waals surface area contributed by atoms with E-state index >= 15 is 0 Å². The summed E-state index contributed by atoms with van der Waals surface area (Å²) in [7, 11) is 3.72. The van der Waals surface area contributed by atoms with Crippen LogP contribution in [0.1, 0.15) is 20.0 Å². The van der Waals surface area contributed by atoms with Crippen molar-refractivity contribution in [2.24, 2.45) is 0 Å². The highest BCUT2D eigenvalue weighted by atomic mass is 32.1. The van der Waals surface area contributed by atoms with Crippen LogP contribution in [0.15, 0.2) is 41.8 Å². The first kappa shape index (κ1) is 20.0. The molecular formula is C20H24N4O3S. The van der Waals surface area contributed by atoms with E-state index in [1.165, 1.54) is 11.3 Å². The SMILES string of the molecule is CN(C)CC(=O)N1CCN(C(=O)c2ccccc2NC(=O)c2cccs2)CC1. The Kier molecular flexibility index (Phi) is 6.43. The zero-order valence-electron chi connectivity index (χ0n) is 16.1. The van der Waals surface area contributed by atoms with Crippen molar-refractivity contribution in [3.63, 3.8) is 0 Å². The second-order valence-electron chi connectivity index (χ2n) is 6.89. The molecule has 0 spiro atoms. The molecule has 0 unspecified atom stereocenters. The van der Waals surface area contributed by atoms with Crippen molar-refractivity contribution in [1.29, 1.82) is 0 Å². The molecule has 1 aromatic carbocycles. The molecule has 1 N–H and O–H groups in total. The number of benzene rings is 1. The zero-order valence-corrected chi connectivity index (χ0v) is 16.9. The van der Waals surface area contributed by atoms with Crippen LogP contribution in [0.2, 0.25) is 0 Å². The number of carbonyl (C=O) groups excluding carboxylic acids is 3. The first-order valence-corrected chi connectivity index (χ1v) is 9.99. The molecule has 2 aromatic rings. The number of rotatable bonds is 5. The van der Waals surface area contributed by atoms with Crippen LogP contribution in [0.5, 0.6) is 0 Å². The molecule has 8 heteroatoms. The van der Waals surface area contributed by atoms with Crippen molar-refractivity contribution in [3.05, 3.63) is 52.2 Å². The maximum atomic E-state index is 13.0. The molecule has 1 aliphatic rings. The van der Waals surface area contributed by atoms with E-state index < -0.39 is 0 Å². The van der Waals surface area contributed by atoms with Crippen LogP contribution in [0.4, 0.5) is 5.69 Å². The molecule has 1 aliphatic heterocycles. The fraction of sp³-hybridized carbons (Fsp3) is 0.350. The van der Waals surface area contributed by atoms with Crippen molar-refractivity contribution in [2.45, 2.75) is 0 Å². The number of hydrogen-bond acceptors (Lipinski definition) is 5. The van der Waals surface area contributed by atoms with Gasteiger partial charge in [0, 0.05) is 26.2 Å². The summed E-state index contributed by atoms with van der Waals surface area (Å²) in [5, 5.41) is 4.67. The van der Waals surface area contributed by atoms with Gasteiger partial charge in [0.25, 0.3) is 11.8 Å². The Hall–Kier alpha value is -2.71. The number of hydrogen-bond donors (Lipinski definition) is 1. The third kappa shape index (κ3) is 4.76. The Bertz CT molecular complexity index is 843. The molecule has 1 aromatic heterocycles. The minimum Gasteiger partial charge on any atom is -0.338 e. The summed E-state index contributed by atoms with van der Waals surface area (Å²) in [5.74, 6) is -0.295. The van der Waals surface area contributed by atoms with Gasteiger partial charge in [-0.15, -0.1) is 11.3 Å². The molecule has 0 atom stereocenters. The molecule has 28 heavy (non-hydrogen) atoms. The van der Waals surface area contributed by atoms with Gasteiger partial charge in [-0.3, -0.25) is 14.4 Å². The van der Waals surface area contributed by atoms with E-state index in [-0.39, 0.29) is 17.7 Å². The second kappa shape index (κ2) is 8.99. The van der Waals surface area contributed by atoms with Gasteiger partial charge in [-0.05, 0) is 37.7 Å². The van der Waals surface area contributed by atoms with Gasteiger partial charge < -0.3 is 20.0 Å². The third-order valence-electron chi connectivity index (χ3n) is 4.52. The molecule has 0 saturated carbocycles. The number of amides is 3. The minimum absolute atomic E-state index is 0.0701. The number of anilines is 1. The predicted molar refractivity (Wildman–Crippen MR) is 110 cm³/mol. The lowest BCUT2D eigenvalue weighted by molar-refractivity contribution is -0.133. The van der Waals surface area contributed by atoms with Gasteiger partial charge in [0.15, 0.2) is 0 Å². The van der Waals surface area contributed by atoms with E-state index in [1.54, 1.807) is 40.1 Å². The van der Waals surface area contributed by atoms with Gasteiger partial charge in [-0.2, -0.15) is 0 Å². The van der Waals surface area contributed by atoms with Gasteiger partial charge >= 0.3 is 0 Å². The Morgan fingerprint density at radius 3 is 2.32 bits per heavy atom. The van der Waals surface area contributed by atoms with Crippen LogP contribution in [0.25, 0.3) is 0 Å². The lowest BCUT2D eigenvalue weighted by Gasteiger charge is -2.35. The standard InChI is InChI=1S/C20H24N4O3S/c1-22(2)14-18(25)23-9-11-24(12-10-23)20(27)15-6-3-4-7-16(15)21-19(26)17-8-5-13-28-17/h3-8,13H,9-12,14H2,1-2H3,(H,21,26). The van der Waals surface area contributed by atoms with Gasteiger partial charge in [-0.1, -0.05) is 18.2 Å². The molecule has 1 saturated heterocycles. The predicted octanol–water partition coefficient (Wildman–Crippen LogP) is 1.85. The molecule has 7 nitrogen and oxygen atoms in total. The van der Waals surface area contributed by atoms with E-state index in [0.29, 0.717) is 48.9 Å². The summed E-state index contributed by atoms with van der Waals surface area (Å²) in [6, 6.07) is 10.6. The van der Waals surface area contributed by atoms with Crippen LogP contribution < -0.4 is 5.32 Å². The van der Waals surface area contributed by atoms with E-state index in [4.69, 9.17) is 0 Å². The highest BCUT2D eigenvalue weighted by molar-refractivity contribution is 7.12. The first-order valence-electron chi connectivity index (χ1n) is 9.11. The van der Waals surface area contributed by atoms with E-state index in [1.807, 2.05) is 30.4 Å². The number of nitrogens with one attached hydrogen (secondary N) is 1. The van der Waals surface area contributed by atoms with Crippen molar-refractivity contribution < 1.29 is 14.4 Å². The highest BCUT2D eigenvalue weighted by Crippen LogP contribution is 2.20. The van der Waals surface area contributed by atoms with Crippen LogP contribution in [-0.2, 0) is 4.79 Å². The van der Waals surface area contributed by atoms with E-state index in [9.17, 15) is 14.4 Å². The third-order valence-corrected chi connectivity index (χ3v) is 5.39. The number of nitrogens with zero attached hydrogens (tertiary/aromatic N) is 3. The number of thiophene rings is 1. The molecule has 0 radical (unpaired) electrons. The van der Waals surface area contributed by atoms with Gasteiger partial charge in [0.05, 0.1) is 22.7 Å². The maximum Gasteiger partial charge on any atom is 0.265 e. The van der Waals surface area contributed by atoms with Crippen molar-refractivity contribution >= 4 is 34.7 Å². The van der Waals surface area contributed by atoms with Gasteiger partial charge in [0.2, 0.25) is 5.91 Å². The second-order valence-corrected chi connectivity index (χ2v) is 7.84. The fourth-order valence-electron chi connectivity index (χ4n) is 3.07. The molecule has 3 amide bonds. The molecule has 2 heterocycles. The van der Waals surface area contributed by atoms with Crippen LogP contribution in [0, 0.1) is 0 Å². The van der Waals surface area contributed by atoms with E-state index in [0.717, 1.165) is 0 Å². The first-order chi connectivity index (χ1) is 13.5. The number of likely N-dealkylation sites (N-methyl/N-ethyl adjacent to an activating group) is 1. The molecule has 0 bridgehead atoms. The quantitative estimate of drug-likeness (QED) is 0.831. The Balaban J connectivity index is 1.65. The Morgan fingerprint density at radius 2 is 1.68 bits per heavy atom. The zero-order chi connectivity index (χ0) is 20.1. The Morgan fingerprint density at radius 1 is 1.00 bits per heavy atom. The molecule has 148 valence electrons. The number of para-hydroxylation sites is 1. The van der Waals surface area contributed by atoms with Gasteiger partial charge in [0.1, 0.15) is 0 Å². The van der Waals surface area contributed by atoms with Crippen LogP contribution in [0.3, 0.4) is 0 Å². The minimum atomic E-state index is -0.227. The maximum absolute atomic E-state index is 13.0. The van der Waals surface area contributed by atoms with Crippen molar-refractivity contribution in [3.8, 4) is 0 Å². The number of carbonyl (C=O) groups is 3. The summed E-state index contributed by atoms with van der Waals surface area (Å²) in [4.78, 5) is 43.5. The summed E-state index contributed by atoms with van der Waals surface area (Å²) in [5.41, 5.74) is 0.956. The van der Waals surface area contributed by atoms with Crippen molar-refractivity contribution in [1.82, 2.24) is 14.7 Å². The topological polar surface area (TPSA) is 73.0 Å². The molecular weight excluding hydrogens is 376 g/mol. The lowest BCUT2D eigenvalue weighted by Crippen LogP contribution is -2.52. The average molecular weight is 401 g/mol. The lowest BCUT2D eigenvalue weighted by atomic mass is 10.1. The largest absolute Gasteiger partial charge is 0.338 e. The summed E-state index contributed by atoms with van der Waals surface area (Å²) < 4.78 is 0.